The van der Waals surface area contributed by atoms with Crippen molar-refractivity contribution in [3.8, 4) is 22.6 Å². The molecule has 282 valence electrons. The van der Waals surface area contributed by atoms with E-state index >= 15 is 0 Å². The predicted molar refractivity (Wildman–Crippen MR) is 224 cm³/mol. The van der Waals surface area contributed by atoms with Crippen molar-refractivity contribution in [2.45, 2.75) is 119 Å². The van der Waals surface area contributed by atoms with Crippen LogP contribution < -0.4 is 9.47 Å². The molecule has 0 radical (unpaired) electrons. The van der Waals surface area contributed by atoms with Crippen molar-refractivity contribution < 1.29 is 18.9 Å². The van der Waals surface area contributed by atoms with E-state index in [0.29, 0.717) is 13.2 Å². The molecule has 0 N–H and O–H groups in total. The van der Waals surface area contributed by atoms with E-state index in [-0.39, 0.29) is 22.4 Å². The standard InChI is InChI=1S/C47H58O4S2/c1-43(2,25-27-48-45(5,6)29-37-31-52-37)50-35-21-17-33(18-22-35)47(41-15-11-9-13-39(41)40-14-10-12-16-42(40)47)34-19-23-36(24-20-34)51-44(3,4)26-28-49-46(7,8)30-38-32-53-38/h9-24,37-38H,25-32H2,1-8H3. The number of hydrogen-bond donors (Lipinski definition) is 0. The molecule has 1 aliphatic carbocycles. The monoisotopic (exact) mass is 750 g/mol. The van der Waals surface area contributed by atoms with Crippen LogP contribution in [0.4, 0.5) is 0 Å². The van der Waals surface area contributed by atoms with E-state index in [9.17, 15) is 0 Å². The Kier molecular flexibility index (Phi) is 10.8. The Balaban J connectivity index is 1.11. The van der Waals surface area contributed by atoms with Gasteiger partial charge in [0.05, 0.1) is 29.8 Å². The van der Waals surface area contributed by atoms with Gasteiger partial charge in [0.25, 0.3) is 0 Å². The third kappa shape index (κ3) is 9.15. The van der Waals surface area contributed by atoms with E-state index in [1.807, 2.05) is 23.5 Å². The highest BCUT2D eigenvalue weighted by Crippen LogP contribution is 2.56. The first kappa shape index (κ1) is 38.4. The summed E-state index contributed by atoms with van der Waals surface area (Å²) < 4.78 is 25.9. The molecule has 53 heavy (non-hydrogen) atoms. The normalized spacial score (nSPS) is 19.0. The van der Waals surface area contributed by atoms with Gasteiger partial charge in [0.15, 0.2) is 0 Å². The van der Waals surface area contributed by atoms with Crippen molar-refractivity contribution >= 4 is 23.5 Å². The predicted octanol–water partition coefficient (Wildman–Crippen LogP) is 11.7. The first-order valence-corrected chi connectivity index (χ1v) is 21.5. The topological polar surface area (TPSA) is 36.9 Å². The summed E-state index contributed by atoms with van der Waals surface area (Å²) in [6.07, 6.45) is 3.85. The maximum absolute atomic E-state index is 6.62. The van der Waals surface area contributed by atoms with E-state index in [0.717, 1.165) is 47.7 Å². The Morgan fingerprint density at radius 3 is 1.23 bits per heavy atom. The fourth-order valence-electron chi connectivity index (χ4n) is 8.04. The number of fused-ring (bicyclic) bond motifs is 3. The van der Waals surface area contributed by atoms with Crippen molar-refractivity contribution in [2.75, 3.05) is 24.7 Å². The van der Waals surface area contributed by atoms with Crippen LogP contribution in [0.5, 0.6) is 11.5 Å². The summed E-state index contributed by atoms with van der Waals surface area (Å²) in [6, 6.07) is 35.3. The van der Waals surface area contributed by atoms with Gasteiger partial charge >= 0.3 is 0 Å². The molecule has 2 aliphatic heterocycles. The molecule has 2 fully saturated rings. The number of benzene rings is 4. The zero-order chi connectivity index (χ0) is 37.5. The number of hydrogen-bond acceptors (Lipinski definition) is 6. The molecule has 0 spiro atoms. The molecule has 0 amide bonds. The van der Waals surface area contributed by atoms with Crippen LogP contribution in [0.15, 0.2) is 97.1 Å². The van der Waals surface area contributed by atoms with E-state index < -0.39 is 5.41 Å². The first-order chi connectivity index (χ1) is 25.1. The second-order valence-corrected chi connectivity index (χ2v) is 20.3. The SMILES string of the molecule is CC(C)(CC1CS1)OCCC(C)(C)Oc1ccc(C2(c3ccc(OC(C)(C)CCOC(C)(C)CC4CS4)cc3)c3ccccc3-c3ccccc32)cc1. The molecule has 2 unspecified atom stereocenters. The highest BCUT2D eigenvalue weighted by molar-refractivity contribution is 8.07. The summed E-state index contributed by atoms with van der Waals surface area (Å²) in [5, 5.41) is 1.52. The van der Waals surface area contributed by atoms with Crippen LogP contribution >= 0.6 is 23.5 Å². The molecule has 0 aromatic heterocycles. The van der Waals surface area contributed by atoms with Gasteiger partial charge in [-0.15, -0.1) is 0 Å². The molecule has 6 heteroatoms. The molecule has 2 saturated heterocycles. The van der Waals surface area contributed by atoms with Crippen molar-refractivity contribution in [3.63, 3.8) is 0 Å². The molecule has 4 aromatic carbocycles. The number of thioether (sulfide) groups is 2. The molecule has 4 nitrogen and oxygen atoms in total. The quantitative estimate of drug-likeness (QED) is 0.0830. The van der Waals surface area contributed by atoms with Crippen LogP contribution in [0.2, 0.25) is 0 Å². The van der Waals surface area contributed by atoms with Crippen LogP contribution in [-0.4, -0.2) is 57.6 Å². The third-order valence-corrected chi connectivity index (χ3v) is 12.9. The maximum atomic E-state index is 6.62. The molecule has 0 saturated carbocycles. The van der Waals surface area contributed by atoms with Crippen LogP contribution in [0.25, 0.3) is 11.1 Å². The lowest BCUT2D eigenvalue weighted by molar-refractivity contribution is -0.0441. The summed E-state index contributed by atoms with van der Waals surface area (Å²) in [6.45, 7) is 18.8. The highest BCUT2D eigenvalue weighted by atomic mass is 32.2. The Morgan fingerprint density at radius 2 is 0.868 bits per heavy atom. The van der Waals surface area contributed by atoms with Crippen LogP contribution in [0.1, 0.15) is 103 Å². The Hall–Kier alpha value is -2.90. The first-order valence-electron chi connectivity index (χ1n) is 19.4. The fourth-order valence-corrected chi connectivity index (χ4v) is 9.59. The summed E-state index contributed by atoms with van der Waals surface area (Å²) in [4.78, 5) is 0. The summed E-state index contributed by atoms with van der Waals surface area (Å²) in [7, 11) is 0. The average molecular weight is 751 g/mol. The molecule has 4 aromatic rings. The second kappa shape index (κ2) is 15.0. The minimum absolute atomic E-state index is 0.102. The molecule has 2 atom stereocenters. The van der Waals surface area contributed by atoms with Crippen molar-refractivity contribution in [1.82, 2.24) is 0 Å². The van der Waals surface area contributed by atoms with Crippen LogP contribution in [0.3, 0.4) is 0 Å². The Morgan fingerprint density at radius 1 is 0.509 bits per heavy atom. The zero-order valence-electron chi connectivity index (χ0n) is 33.0. The maximum Gasteiger partial charge on any atom is 0.120 e. The van der Waals surface area contributed by atoms with Gasteiger partial charge in [0.2, 0.25) is 0 Å². The molecule has 0 bridgehead atoms. The largest absolute Gasteiger partial charge is 0.488 e. The zero-order valence-corrected chi connectivity index (χ0v) is 34.6. The van der Waals surface area contributed by atoms with Gasteiger partial charge < -0.3 is 18.9 Å². The molecule has 3 aliphatic rings. The minimum atomic E-state index is -0.492. The van der Waals surface area contributed by atoms with Crippen molar-refractivity contribution in [3.05, 3.63) is 119 Å². The molecule has 2 heterocycles. The Labute approximate surface area is 327 Å². The van der Waals surface area contributed by atoms with E-state index in [1.165, 1.54) is 44.9 Å². The van der Waals surface area contributed by atoms with Gasteiger partial charge in [-0.2, -0.15) is 23.5 Å². The van der Waals surface area contributed by atoms with E-state index in [1.54, 1.807) is 0 Å². The van der Waals surface area contributed by atoms with Gasteiger partial charge in [-0.3, -0.25) is 0 Å². The third-order valence-electron chi connectivity index (χ3n) is 11.0. The van der Waals surface area contributed by atoms with Gasteiger partial charge in [-0.05, 0) is 126 Å². The van der Waals surface area contributed by atoms with Gasteiger partial charge in [-0.25, -0.2) is 0 Å². The fraction of sp³-hybridized carbons (Fsp3) is 0.489. The van der Waals surface area contributed by atoms with Crippen molar-refractivity contribution in [2.24, 2.45) is 0 Å². The summed E-state index contributed by atoms with van der Waals surface area (Å²) >= 11 is 4.06. The highest BCUT2D eigenvalue weighted by Gasteiger charge is 2.46. The molecule has 7 rings (SSSR count). The van der Waals surface area contributed by atoms with Crippen LogP contribution in [-0.2, 0) is 14.9 Å². The van der Waals surface area contributed by atoms with E-state index in [4.69, 9.17) is 18.9 Å². The second-order valence-electron chi connectivity index (χ2n) is 17.6. The minimum Gasteiger partial charge on any atom is -0.488 e. The van der Waals surface area contributed by atoms with Crippen LogP contribution in [0, 0.1) is 0 Å². The smallest absolute Gasteiger partial charge is 0.120 e. The molecular formula is C47H58O4S2. The number of rotatable bonds is 18. The van der Waals surface area contributed by atoms with Gasteiger partial charge in [0.1, 0.15) is 22.7 Å². The average Bonchev–Trinajstić information content (AvgIpc) is 4.04. The lowest BCUT2D eigenvalue weighted by Crippen LogP contribution is -2.33. The number of ether oxygens (including phenoxy) is 4. The van der Waals surface area contributed by atoms with Gasteiger partial charge in [0, 0.05) is 34.8 Å². The summed E-state index contributed by atoms with van der Waals surface area (Å²) in [5.41, 5.74) is 6.13. The van der Waals surface area contributed by atoms with Gasteiger partial charge in [-0.1, -0.05) is 72.8 Å². The Bertz CT molecular complexity index is 1720. The van der Waals surface area contributed by atoms with Crippen molar-refractivity contribution in [1.29, 1.82) is 0 Å². The molecular weight excluding hydrogens is 693 g/mol. The lowest BCUT2D eigenvalue weighted by atomic mass is 9.67. The lowest BCUT2D eigenvalue weighted by Gasteiger charge is -2.35. The van der Waals surface area contributed by atoms with E-state index in [2.05, 4.69) is 152 Å². The summed E-state index contributed by atoms with van der Waals surface area (Å²) in [5.74, 6) is 4.27.